The van der Waals surface area contributed by atoms with E-state index in [1.807, 2.05) is 23.1 Å². The Labute approximate surface area is 137 Å². The van der Waals surface area contributed by atoms with Crippen molar-refractivity contribution < 1.29 is 13.5 Å². The molecule has 3 nitrogen and oxygen atoms in total. The lowest BCUT2D eigenvalue weighted by molar-refractivity contribution is 0.0897. The molecule has 0 unspecified atom stereocenters. The maximum Gasteiger partial charge on any atom is 0.251 e. The van der Waals surface area contributed by atoms with Crippen LogP contribution in [-0.4, -0.2) is 55.6 Å². The van der Waals surface area contributed by atoms with Gasteiger partial charge in [0.25, 0.3) is 6.43 Å². The van der Waals surface area contributed by atoms with Crippen LogP contribution in [0.4, 0.5) is 8.78 Å². The molecule has 0 N–H and O–H groups in total. The number of ether oxygens (including phenoxy) is 1. The van der Waals surface area contributed by atoms with Gasteiger partial charge in [-0.3, -0.25) is 9.80 Å². The zero-order valence-corrected chi connectivity index (χ0v) is 13.6. The van der Waals surface area contributed by atoms with Crippen LogP contribution >= 0.6 is 0 Å². The third-order valence-corrected chi connectivity index (χ3v) is 4.62. The molecule has 0 radical (unpaired) electrons. The van der Waals surface area contributed by atoms with Gasteiger partial charge in [-0.2, -0.15) is 0 Å². The van der Waals surface area contributed by atoms with Crippen LogP contribution in [0.25, 0.3) is 0 Å². The molecule has 3 rings (SSSR count). The van der Waals surface area contributed by atoms with Crippen LogP contribution in [0, 0.1) is 5.92 Å². The smallest absolute Gasteiger partial charge is 0.251 e. The molecule has 23 heavy (non-hydrogen) atoms. The lowest BCUT2D eigenvalue weighted by Crippen LogP contribution is -2.33. The summed E-state index contributed by atoms with van der Waals surface area (Å²) in [7, 11) is 0. The van der Waals surface area contributed by atoms with E-state index < -0.39 is 6.43 Å². The van der Waals surface area contributed by atoms with Crippen molar-refractivity contribution >= 4 is 0 Å². The first-order valence-corrected chi connectivity index (χ1v) is 8.64. The maximum atomic E-state index is 12.5. The average molecular weight is 324 g/mol. The Bertz CT molecular complexity index is 494. The van der Waals surface area contributed by atoms with E-state index >= 15 is 0 Å². The average Bonchev–Trinajstić information content (AvgIpc) is 3.35. The summed E-state index contributed by atoms with van der Waals surface area (Å²) >= 11 is 0. The van der Waals surface area contributed by atoms with E-state index in [1.54, 1.807) is 0 Å². The van der Waals surface area contributed by atoms with Gasteiger partial charge >= 0.3 is 0 Å². The third kappa shape index (κ3) is 5.43. The van der Waals surface area contributed by atoms with Gasteiger partial charge in [0, 0.05) is 25.2 Å². The molecule has 1 saturated carbocycles. The van der Waals surface area contributed by atoms with E-state index in [0.717, 1.165) is 57.4 Å². The molecule has 1 aliphatic carbocycles. The first-order valence-electron chi connectivity index (χ1n) is 8.64. The summed E-state index contributed by atoms with van der Waals surface area (Å²) in [4.78, 5) is 4.23. The number of alkyl halides is 2. The summed E-state index contributed by atoms with van der Waals surface area (Å²) in [5.41, 5.74) is 1.20. The molecule has 2 fully saturated rings. The van der Waals surface area contributed by atoms with Gasteiger partial charge in [0.1, 0.15) is 5.75 Å². The van der Waals surface area contributed by atoms with Crippen LogP contribution in [-0.2, 0) is 6.54 Å². The second-order valence-electron chi connectivity index (χ2n) is 6.68. The van der Waals surface area contributed by atoms with Crippen molar-refractivity contribution in [2.45, 2.75) is 32.2 Å². The second-order valence-corrected chi connectivity index (χ2v) is 6.68. The highest BCUT2D eigenvalue weighted by Gasteiger charge is 2.23. The van der Waals surface area contributed by atoms with Crippen molar-refractivity contribution in [2.24, 2.45) is 5.92 Å². The van der Waals surface area contributed by atoms with Gasteiger partial charge in [0.05, 0.1) is 13.2 Å². The van der Waals surface area contributed by atoms with E-state index in [2.05, 4.69) is 11.0 Å². The lowest BCUT2D eigenvalue weighted by atomic mass is 10.2. The molecule has 0 amide bonds. The quantitative estimate of drug-likeness (QED) is 0.766. The Kier molecular flexibility index (Phi) is 5.84. The molecule has 5 heteroatoms. The Balaban J connectivity index is 1.54. The molecule has 1 heterocycles. The molecule has 2 aliphatic rings. The van der Waals surface area contributed by atoms with E-state index in [0.29, 0.717) is 0 Å². The number of rotatable bonds is 7. The molecule has 1 aromatic carbocycles. The fraction of sp³-hybridized carbons (Fsp3) is 0.667. The van der Waals surface area contributed by atoms with Crippen LogP contribution in [0.5, 0.6) is 5.75 Å². The zero-order chi connectivity index (χ0) is 16.1. The fourth-order valence-electron chi connectivity index (χ4n) is 3.07. The highest BCUT2D eigenvalue weighted by Crippen LogP contribution is 2.30. The van der Waals surface area contributed by atoms with Gasteiger partial charge in [-0.15, -0.1) is 0 Å². The second kappa shape index (κ2) is 8.06. The van der Waals surface area contributed by atoms with Gasteiger partial charge in [0.15, 0.2) is 0 Å². The molecule has 1 aromatic rings. The lowest BCUT2D eigenvalue weighted by Gasteiger charge is -2.22. The van der Waals surface area contributed by atoms with Crippen LogP contribution in [0.15, 0.2) is 24.3 Å². The minimum absolute atomic E-state index is 0.102. The topological polar surface area (TPSA) is 15.7 Å². The van der Waals surface area contributed by atoms with E-state index in [1.165, 1.54) is 18.4 Å². The van der Waals surface area contributed by atoms with Crippen molar-refractivity contribution in [2.75, 3.05) is 39.3 Å². The fourth-order valence-corrected chi connectivity index (χ4v) is 3.07. The SMILES string of the molecule is FC(F)CN1CCCN(Cc2ccccc2OCC2CC2)CC1. The Morgan fingerprint density at radius 2 is 1.78 bits per heavy atom. The van der Waals surface area contributed by atoms with E-state index in [-0.39, 0.29) is 6.54 Å². The molecular weight excluding hydrogens is 298 g/mol. The molecule has 0 atom stereocenters. The van der Waals surface area contributed by atoms with Crippen molar-refractivity contribution in [1.82, 2.24) is 9.80 Å². The number of hydrogen-bond acceptors (Lipinski definition) is 3. The molecule has 128 valence electrons. The third-order valence-electron chi connectivity index (χ3n) is 4.62. The minimum Gasteiger partial charge on any atom is -0.493 e. The predicted octanol–water partition coefficient (Wildman–Crippen LogP) is 3.25. The minimum atomic E-state index is -2.24. The Morgan fingerprint density at radius 1 is 1.04 bits per heavy atom. The molecule has 1 saturated heterocycles. The summed E-state index contributed by atoms with van der Waals surface area (Å²) in [6.07, 6.45) is 1.28. The normalized spacial score (nSPS) is 20.7. The molecule has 1 aliphatic heterocycles. The van der Waals surface area contributed by atoms with E-state index in [4.69, 9.17) is 4.74 Å². The van der Waals surface area contributed by atoms with Crippen molar-refractivity contribution in [3.8, 4) is 5.75 Å². The predicted molar refractivity (Wildman–Crippen MR) is 87.0 cm³/mol. The first-order chi connectivity index (χ1) is 11.2. The van der Waals surface area contributed by atoms with Gasteiger partial charge in [0.2, 0.25) is 0 Å². The zero-order valence-electron chi connectivity index (χ0n) is 13.6. The number of hydrogen-bond donors (Lipinski definition) is 0. The van der Waals surface area contributed by atoms with Gasteiger partial charge < -0.3 is 4.74 Å². The maximum absolute atomic E-state index is 12.5. The number of halogens is 2. The van der Waals surface area contributed by atoms with Crippen molar-refractivity contribution in [3.05, 3.63) is 29.8 Å². The Morgan fingerprint density at radius 3 is 2.57 bits per heavy atom. The highest BCUT2D eigenvalue weighted by atomic mass is 19.3. The summed E-state index contributed by atoms with van der Waals surface area (Å²) in [5.74, 6) is 1.72. The summed E-state index contributed by atoms with van der Waals surface area (Å²) in [6.45, 7) is 4.83. The molecule has 0 aromatic heterocycles. The number of para-hydroxylation sites is 1. The summed E-state index contributed by atoms with van der Waals surface area (Å²) in [5, 5.41) is 0. The van der Waals surface area contributed by atoms with Gasteiger partial charge in [-0.05, 0) is 44.3 Å². The van der Waals surface area contributed by atoms with Crippen LogP contribution in [0.3, 0.4) is 0 Å². The van der Waals surface area contributed by atoms with Crippen LogP contribution in [0.1, 0.15) is 24.8 Å². The largest absolute Gasteiger partial charge is 0.493 e. The monoisotopic (exact) mass is 324 g/mol. The first kappa shape index (κ1) is 16.7. The van der Waals surface area contributed by atoms with Gasteiger partial charge in [-0.25, -0.2) is 8.78 Å². The van der Waals surface area contributed by atoms with E-state index in [9.17, 15) is 8.78 Å². The standard InChI is InChI=1S/C18H26F2N2O/c19-18(20)13-22-9-3-8-21(10-11-22)12-16-4-1-2-5-17(16)23-14-15-6-7-15/h1-2,4-5,15,18H,3,6-14H2. The molecule has 0 bridgehead atoms. The van der Waals surface area contributed by atoms with Crippen molar-refractivity contribution in [1.29, 1.82) is 0 Å². The number of benzene rings is 1. The molecule has 0 spiro atoms. The summed E-state index contributed by atoms with van der Waals surface area (Å²) < 4.78 is 31.0. The Hall–Kier alpha value is -1.20. The highest BCUT2D eigenvalue weighted by molar-refractivity contribution is 5.33. The van der Waals surface area contributed by atoms with Crippen LogP contribution < -0.4 is 4.74 Å². The van der Waals surface area contributed by atoms with Gasteiger partial charge in [-0.1, -0.05) is 18.2 Å². The van der Waals surface area contributed by atoms with Crippen LogP contribution in [0.2, 0.25) is 0 Å². The summed E-state index contributed by atoms with van der Waals surface area (Å²) in [6, 6.07) is 8.21. The van der Waals surface area contributed by atoms with Crippen molar-refractivity contribution in [3.63, 3.8) is 0 Å². The molecular formula is C18H26F2N2O. The number of nitrogens with zero attached hydrogens (tertiary/aromatic N) is 2.